The predicted octanol–water partition coefficient (Wildman–Crippen LogP) is 4.63. The van der Waals surface area contributed by atoms with Gasteiger partial charge in [-0.2, -0.15) is 0 Å². The SMILES string of the molecule is Cc1cccc(CCc2c(C=O)[nH]c3ccccc23)c1C1=NC(C)(C)CO1. The van der Waals surface area contributed by atoms with Crippen LogP contribution in [0.5, 0.6) is 0 Å². The molecule has 4 nitrogen and oxygen atoms in total. The Hall–Kier alpha value is -2.88. The van der Waals surface area contributed by atoms with Gasteiger partial charge in [-0.05, 0) is 56.4 Å². The lowest BCUT2D eigenvalue weighted by Gasteiger charge is -2.12. The number of aromatic amines is 1. The topological polar surface area (TPSA) is 54.5 Å². The highest BCUT2D eigenvalue weighted by Crippen LogP contribution is 2.27. The quantitative estimate of drug-likeness (QED) is 0.675. The van der Waals surface area contributed by atoms with Gasteiger partial charge in [0.1, 0.15) is 6.61 Å². The van der Waals surface area contributed by atoms with E-state index >= 15 is 0 Å². The standard InChI is InChI=1S/C23H24N2O2/c1-15-7-6-8-16(21(15)22-25-23(2,3)14-27-22)11-12-18-17-9-4-5-10-19(17)24-20(18)13-26/h4-10,13,24H,11-12,14H2,1-3H3. The zero-order valence-corrected chi connectivity index (χ0v) is 16.0. The fraction of sp³-hybridized carbons (Fsp3) is 0.304. The Morgan fingerprint density at radius 1 is 1.15 bits per heavy atom. The van der Waals surface area contributed by atoms with E-state index in [0.717, 1.165) is 47.1 Å². The maximum atomic E-state index is 11.5. The van der Waals surface area contributed by atoms with E-state index in [-0.39, 0.29) is 5.54 Å². The van der Waals surface area contributed by atoms with Crippen LogP contribution in [0.2, 0.25) is 0 Å². The van der Waals surface area contributed by atoms with E-state index in [0.29, 0.717) is 12.3 Å². The number of rotatable bonds is 5. The van der Waals surface area contributed by atoms with Crippen LogP contribution >= 0.6 is 0 Å². The number of aliphatic imine (C=N–C) groups is 1. The largest absolute Gasteiger partial charge is 0.475 e. The normalized spacial score (nSPS) is 15.6. The van der Waals surface area contributed by atoms with Gasteiger partial charge in [0.25, 0.3) is 0 Å². The summed E-state index contributed by atoms with van der Waals surface area (Å²) in [4.78, 5) is 19.5. The van der Waals surface area contributed by atoms with Gasteiger partial charge in [-0.25, -0.2) is 4.99 Å². The molecule has 2 aromatic carbocycles. The summed E-state index contributed by atoms with van der Waals surface area (Å²) in [6.07, 6.45) is 2.52. The van der Waals surface area contributed by atoms with E-state index in [1.807, 2.05) is 18.2 Å². The molecule has 0 amide bonds. The lowest BCUT2D eigenvalue weighted by atomic mass is 9.95. The van der Waals surface area contributed by atoms with Crippen molar-refractivity contribution >= 4 is 23.1 Å². The van der Waals surface area contributed by atoms with Crippen molar-refractivity contribution in [2.75, 3.05) is 6.61 Å². The molecule has 0 atom stereocenters. The molecule has 4 heteroatoms. The van der Waals surface area contributed by atoms with E-state index < -0.39 is 0 Å². The minimum Gasteiger partial charge on any atom is -0.475 e. The molecule has 1 aromatic heterocycles. The van der Waals surface area contributed by atoms with Crippen molar-refractivity contribution in [2.45, 2.75) is 39.2 Å². The number of nitrogens with zero attached hydrogens (tertiary/aromatic N) is 1. The molecule has 138 valence electrons. The summed E-state index contributed by atoms with van der Waals surface area (Å²) in [5.74, 6) is 0.739. The second-order valence-electron chi connectivity index (χ2n) is 7.81. The lowest BCUT2D eigenvalue weighted by molar-refractivity contribution is 0.111. The van der Waals surface area contributed by atoms with Crippen molar-refractivity contribution in [3.05, 3.63) is 70.4 Å². The van der Waals surface area contributed by atoms with Crippen molar-refractivity contribution in [3.63, 3.8) is 0 Å². The first-order valence-electron chi connectivity index (χ1n) is 9.35. The molecule has 0 saturated carbocycles. The highest BCUT2D eigenvalue weighted by molar-refractivity contribution is 5.98. The zero-order chi connectivity index (χ0) is 19.0. The number of aromatic nitrogens is 1. The third kappa shape index (κ3) is 3.27. The van der Waals surface area contributed by atoms with Crippen LogP contribution in [0.1, 0.15) is 46.6 Å². The molecule has 0 spiro atoms. The molecule has 2 heterocycles. The number of benzene rings is 2. The number of aldehydes is 1. The Labute approximate surface area is 159 Å². The minimum atomic E-state index is -0.184. The third-order valence-corrected chi connectivity index (χ3v) is 5.15. The molecule has 1 aliphatic heterocycles. The number of aryl methyl sites for hydroxylation is 3. The number of hydrogen-bond donors (Lipinski definition) is 1. The molecule has 1 aliphatic rings. The molecule has 4 rings (SSSR count). The van der Waals surface area contributed by atoms with Crippen LogP contribution in [0.25, 0.3) is 10.9 Å². The van der Waals surface area contributed by atoms with Crippen LogP contribution in [-0.4, -0.2) is 29.3 Å². The highest BCUT2D eigenvalue weighted by Gasteiger charge is 2.29. The Balaban J connectivity index is 1.69. The summed E-state index contributed by atoms with van der Waals surface area (Å²) in [7, 11) is 0. The van der Waals surface area contributed by atoms with Gasteiger partial charge in [0.2, 0.25) is 5.90 Å². The van der Waals surface area contributed by atoms with E-state index in [9.17, 15) is 4.79 Å². The Morgan fingerprint density at radius 2 is 1.96 bits per heavy atom. The van der Waals surface area contributed by atoms with Crippen LogP contribution < -0.4 is 0 Å². The number of fused-ring (bicyclic) bond motifs is 1. The second-order valence-corrected chi connectivity index (χ2v) is 7.81. The Morgan fingerprint density at radius 3 is 2.70 bits per heavy atom. The van der Waals surface area contributed by atoms with Crippen molar-refractivity contribution in [1.29, 1.82) is 0 Å². The van der Waals surface area contributed by atoms with Crippen LogP contribution in [0.4, 0.5) is 0 Å². The number of H-pyrrole nitrogens is 1. The highest BCUT2D eigenvalue weighted by atomic mass is 16.5. The van der Waals surface area contributed by atoms with E-state index in [1.165, 1.54) is 11.1 Å². The summed E-state index contributed by atoms with van der Waals surface area (Å²) in [6, 6.07) is 14.4. The molecule has 3 aromatic rings. The first kappa shape index (κ1) is 17.5. The molecular formula is C23H24N2O2. The Bertz CT molecular complexity index is 1040. The summed E-state index contributed by atoms with van der Waals surface area (Å²) in [6.45, 7) is 6.87. The Kier molecular flexibility index (Phi) is 4.34. The van der Waals surface area contributed by atoms with Crippen LogP contribution in [0.15, 0.2) is 47.5 Å². The second kappa shape index (κ2) is 6.69. The van der Waals surface area contributed by atoms with Crippen molar-refractivity contribution in [1.82, 2.24) is 4.98 Å². The number of ether oxygens (including phenoxy) is 1. The van der Waals surface area contributed by atoms with E-state index in [2.05, 4.69) is 50.0 Å². The third-order valence-electron chi connectivity index (χ3n) is 5.15. The fourth-order valence-corrected chi connectivity index (χ4v) is 3.81. The molecule has 0 bridgehead atoms. The number of para-hydroxylation sites is 1. The van der Waals surface area contributed by atoms with Gasteiger partial charge in [-0.15, -0.1) is 0 Å². The molecule has 0 saturated heterocycles. The maximum absolute atomic E-state index is 11.5. The first-order chi connectivity index (χ1) is 13.0. The van der Waals surface area contributed by atoms with Gasteiger partial charge >= 0.3 is 0 Å². The number of hydrogen-bond acceptors (Lipinski definition) is 3. The summed E-state index contributed by atoms with van der Waals surface area (Å²) in [5, 5.41) is 1.12. The average molecular weight is 360 g/mol. The van der Waals surface area contributed by atoms with Crippen LogP contribution in [0.3, 0.4) is 0 Å². The number of carbonyl (C=O) groups is 1. The van der Waals surface area contributed by atoms with Gasteiger partial charge in [-0.3, -0.25) is 4.79 Å². The van der Waals surface area contributed by atoms with Crippen molar-refractivity contribution in [3.8, 4) is 0 Å². The molecule has 0 fully saturated rings. The van der Waals surface area contributed by atoms with Crippen LogP contribution in [-0.2, 0) is 17.6 Å². The van der Waals surface area contributed by atoms with Gasteiger partial charge in [0.05, 0.1) is 11.2 Å². The van der Waals surface area contributed by atoms with E-state index in [1.54, 1.807) is 0 Å². The minimum absolute atomic E-state index is 0.184. The maximum Gasteiger partial charge on any atom is 0.217 e. The molecule has 0 unspecified atom stereocenters. The number of carbonyl (C=O) groups excluding carboxylic acids is 1. The van der Waals surface area contributed by atoms with Gasteiger partial charge in [0, 0.05) is 16.5 Å². The molecule has 27 heavy (non-hydrogen) atoms. The number of nitrogens with one attached hydrogen (secondary N) is 1. The molecular weight excluding hydrogens is 336 g/mol. The summed E-state index contributed by atoms with van der Waals surface area (Å²) < 4.78 is 5.92. The first-order valence-corrected chi connectivity index (χ1v) is 9.35. The van der Waals surface area contributed by atoms with E-state index in [4.69, 9.17) is 9.73 Å². The van der Waals surface area contributed by atoms with Crippen LogP contribution in [0, 0.1) is 6.92 Å². The monoisotopic (exact) mass is 360 g/mol. The average Bonchev–Trinajstić information content (AvgIpc) is 3.19. The summed E-state index contributed by atoms with van der Waals surface area (Å²) in [5.41, 5.74) is 6.02. The zero-order valence-electron chi connectivity index (χ0n) is 16.0. The van der Waals surface area contributed by atoms with Crippen molar-refractivity contribution in [2.24, 2.45) is 4.99 Å². The van der Waals surface area contributed by atoms with Gasteiger partial charge < -0.3 is 9.72 Å². The molecule has 0 radical (unpaired) electrons. The smallest absolute Gasteiger partial charge is 0.217 e. The van der Waals surface area contributed by atoms with Gasteiger partial charge in [-0.1, -0.05) is 36.4 Å². The fourth-order valence-electron chi connectivity index (χ4n) is 3.81. The lowest BCUT2D eigenvalue weighted by Crippen LogP contribution is -2.17. The predicted molar refractivity (Wildman–Crippen MR) is 109 cm³/mol. The van der Waals surface area contributed by atoms with Crippen molar-refractivity contribution < 1.29 is 9.53 Å². The van der Waals surface area contributed by atoms with Gasteiger partial charge in [0.15, 0.2) is 6.29 Å². The molecule has 0 aliphatic carbocycles. The molecule has 1 N–H and O–H groups in total. The summed E-state index contributed by atoms with van der Waals surface area (Å²) >= 11 is 0.